The maximum absolute atomic E-state index is 10.7. The number of benzene rings is 2. The van der Waals surface area contributed by atoms with E-state index in [2.05, 4.69) is 0 Å². The van der Waals surface area contributed by atoms with Crippen molar-refractivity contribution in [3.63, 3.8) is 0 Å². The minimum Gasteiger partial charge on any atom is -0.550 e. The SMILES string of the molecule is O=C([O-])C[C@@H]1CN(C/C=C/c2ccc(OCc3ccccc3)cc2)C[C@H]1O.[K+]. The topological polar surface area (TPSA) is 72.8 Å². The number of ether oxygens (including phenoxy) is 1. The third-order valence-corrected chi connectivity index (χ3v) is 4.71. The van der Waals surface area contributed by atoms with Gasteiger partial charge in [0, 0.05) is 31.5 Å². The van der Waals surface area contributed by atoms with E-state index in [1.807, 2.05) is 71.6 Å². The number of aliphatic hydroxyl groups excluding tert-OH is 1. The minimum atomic E-state index is -1.11. The Morgan fingerprint density at radius 2 is 1.86 bits per heavy atom. The fourth-order valence-corrected chi connectivity index (χ4v) is 3.26. The number of aliphatic hydroxyl groups is 1. The van der Waals surface area contributed by atoms with Crippen molar-refractivity contribution in [1.29, 1.82) is 0 Å². The van der Waals surface area contributed by atoms with Gasteiger partial charge in [-0.15, -0.1) is 0 Å². The Balaban J connectivity index is 0.00000280. The second-order valence-corrected chi connectivity index (χ2v) is 6.87. The molecule has 5 nitrogen and oxygen atoms in total. The van der Waals surface area contributed by atoms with Crippen LogP contribution in [0.2, 0.25) is 0 Å². The Labute approximate surface area is 208 Å². The van der Waals surface area contributed by atoms with E-state index in [-0.39, 0.29) is 63.7 Å². The summed E-state index contributed by atoms with van der Waals surface area (Å²) in [7, 11) is 0. The van der Waals surface area contributed by atoms with Crippen LogP contribution in [0, 0.1) is 5.92 Å². The first-order valence-corrected chi connectivity index (χ1v) is 9.14. The summed E-state index contributed by atoms with van der Waals surface area (Å²) in [5.74, 6) is -0.528. The van der Waals surface area contributed by atoms with E-state index in [0.717, 1.165) is 16.9 Å². The molecule has 3 rings (SSSR count). The molecule has 1 heterocycles. The first kappa shape index (κ1) is 23.3. The standard InChI is InChI=1S/C22H25NO4.K/c24-21-15-23(14-19(21)13-22(25)26)12-4-7-17-8-10-20(11-9-17)27-16-18-5-2-1-3-6-18;/h1-11,19,21,24H,12-16H2,(H,25,26);/q;+1/p-1/b7-4+;/t19-,21-;/m1./s1. The number of β-amino-alcohol motifs (C(OH)–C–C–N with tert-alkyl or cyclic N) is 1. The van der Waals surface area contributed by atoms with Crippen molar-refractivity contribution >= 4 is 12.0 Å². The quantitative estimate of drug-likeness (QED) is 0.554. The summed E-state index contributed by atoms with van der Waals surface area (Å²) < 4.78 is 5.77. The number of carboxylic acid groups (broad SMARTS) is 1. The summed E-state index contributed by atoms with van der Waals surface area (Å²) >= 11 is 0. The smallest absolute Gasteiger partial charge is 0.550 e. The van der Waals surface area contributed by atoms with Crippen LogP contribution < -0.4 is 61.2 Å². The van der Waals surface area contributed by atoms with E-state index < -0.39 is 12.1 Å². The van der Waals surface area contributed by atoms with Crippen LogP contribution in [0.25, 0.3) is 6.08 Å². The Morgan fingerprint density at radius 3 is 2.54 bits per heavy atom. The number of aliphatic carboxylic acids is 1. The molecule has 0 spiro atoms. The maximum Gasteiger partial charge on any atom is 1.00 e. The molecule has 6 heteroatoms. The number of nitrogens with zero attached hydrogens (tertiary/aromatic N) is 1. The molecule has 1 saturated heterocycles. The molecule has 2 atom stereocenters. The third kappa shape index (κ3) is 7.44. The maximum atomic E-state index is 10.7. The molecule has 1 fully saturated rings. The first-order chi connectivity index (χ1) is 13.1. The van der Waals surface area contributed by atoms with Crippen LogP contribution in [-0.4, -0.2) is 41.7 Å². The Kier molecular flexibility index (Phi) is 9.88. The van der Waals surface area contributed by atoms with Crippen LogP contribution in [0.15, 0.2) is 60.7 Å². The number of hydrogen-bond acceptors (Lipinski definition) is 5. The molecule has 2 aromatic carbocycles. The van der Waals surface area contributed by atoms with Crippen molar-refractivity contribution in [3.8, 4) is 5.75 Å². The van der Waals surface area contributed by atoms with E-state index in [1.165, 1.54) is 0 Å². The average Bonchev–Trinajstić information content (AvgIpc) is 3.00. The number of carbonyl (C=O) groups excluding carboxylic acids is 1. The molecule has 0 radical (unpaired) electrons. The summed E-state index contributed by atoms with van der Waals surface area (Å²) in [5.41, 5.74) is 2.19. The average molecular weight is 406 g/mol. The summed E-state index contributed by atoms with van der Waals surface area (Å²) in [6.07, 6.45) is 3.34. The van der Waals surface area contributed by atoms with Gasteiger partial charge in [-0.05, 0) is 29.7 Å². The summed E-state index contributed by atoms with van der Waals surface area (Å²) in [5, 5.41) is 20.6. The second-order valence-electron chi connectivity index (χ2n) is 6.87. The molecule has 0 aromatic heterocycles. The Hall–Kier alpha value is -0.994. The predicted octanol–water partition coefficient (Wildman–Crippen LogP) is -1.28. The van der Waals surface area contributed by atoms with Gasteiger partial charge in [0.15, 0.2) is 0 Å². The molecule has 1 aliphatic rings. The van der Waals surface area contributed by atoms with Gasteiger partial charge in [0.05, 0.1) is 6.10 Å². The molecule has 0 amide bonds. The van der Waals surface area contributed by atoms with E-state index in [4.69, 9.17) is 4.74 Å². The molecule has 142 valence electrons. The zero-order chi connectivity index (χ0) is 19.1. The summed E-state index contributed by atoms with van der Waals surface area (Å²) in [4.78, 5) is 12.7. The third-order valence-electron chi connectivity index (χ3n) is 4.71. The number of carboxylic acids is 1. The molecule has 2 aromatic rings. The number of hydrogen-bond donors (Lipinski definition) is 1. The largest absolute Gasteiger partial charge is 1.00 e. The van der Waals surface area contributed by atoms with Crippen LogP contribution >= 0.6 is 0 Å². The van der Waals surface area contributed by atoms with E-state index in [0.29, 0.717) is 26.2 Å². The number of carbonyl (C=O) groups is 1. The van der Waals surface area contributed by atoms with E-state index in [1.54, 1.807) is 0 Å². The molecule has 1 N–H and O–H groups in total. The van der Waals surface area contributed by atoms with Gasteiger partial charge < -0.3 is 19.7 Å². The van der Waals surface area contributed by atoms with Gasteiger partial charge in [0.25, 0.3) is 0 Å². The number of likely N-dealkylation sites (tertiary alicyclic amines) is 1. The normalized spacial score (nSPS) is 19.5. The number of rotatable bonds is 8. The van der Waals surface area contributed by atoms with Gasteiger partial charge in [-0.25, -0.2) is 0 Å². The van der Waals surface area contributed by atoms with Crippen molar-refractivity contribution < 1.29 is 71.1 Å². The fourth-order valence-electron chi connectivity index (χ4n) is 3.26. The van der Waals surface area contributed by atoms with Crippen LogP contribution in [0.3, 0.4) is 0 Å². The van der Waals surface area contributed by atoms with Crippen molar-refractivity contribution in [2.75, 3.05) is 19.6 Å². The molecular weight excluding hydrogens is 381 g/mol. The van der Waals surface area contributed by atoms with E-state index >= 15 is 0 Å². The Bertz CT molecular complexity index is 764. The second kappa shape index (κ2) is 11.9. The monoisotopic (exact) mass is 405 g/mol. The fraction of sp³-hybridized carbons (Fsp3) is 0.318. The van der Waals surface area contributed by atoms with Gasteiger partial charge in [0.2, 0.25) is 0 Å². The van der Waals surface area contributed by atoms with Crippen LogP contribution in [0.5, 0.6) is 5.75 Å². The van der Waals surface area contributed by atoms with Gasteiger partial charge in [-0.2, -0.15) is 0 Å². The Morgan fingerprint density at radius 1 is 1.14 bits per heavy atom. The van der Waals surface area contributed by atoms with Gasteiger partial charge in [-0.1, -0.05) is 54.6 Å². The zero-order valence-electron chi connectivity index (χ0n) is 16.2. The van der Waals surface area contributed by atoms with Gasteiger partial charge >= 0.3 is 51.4 Å². The van der Waals surface area contributed by atoms with Crippen molar-refractivity contribution in [2.45, 2.75) is 19.1 Å². The molecule has 0 bridgehead atoms. The van der Waals surface area contributed by atoms with Crippen LogP contribution in [0.1, 0.15) is 17.5 Å². The van der Waals surface area contributed by atoms with Crippen molar-refractivity contribution in [2.24, 2.45) is 5.92 Å². The van der Waals surface area contributed by atoms with Crippen molar-refractivity contribution in [3.05, 3.63) is 71.8 Å². The molecule has 0 saturated carbocycles. The zero-order valence-corrected chi connectivity index (χ0v) is 19.3. The van der Waals surface area contributed by atoms with Crippen LogP contribution in [0.4, 0.5) is 0 Å². The van der Waals surface area contributed by atoms with E-state index in [9.17, 15) is 15.0 Å². The molecule has 0 unspecified atom stereocenters. The first-order valence-electron chi connectivity index (χ1n) is 9.14. The van der Waals surface area contributed by atoms with Crippen molar-refractivity contribution in [1.82, 2.24) is 4.90 Å². The molecular formula is C22H24KNO4. The van der Waals surface area contributed by atoms with Gasteiger partial charge in [-0.3, -0.25) is 4.90 Å². The molecule has 0 aliphatic carbocycles. The van der Waals surface area contributed by atoms with Crippen LogP contribution in [-0.2, 0) is 11.4 Å². The summed E-state index contributed by atoms with van der Waals surface area (Å²) in [6, 6.07) is 17.9. The predicted molar refractivity (Wildman–Crippen MR) is 102 cm³/mol. The van der Waals surface area contributed by atoms with Gasteiger partial charge in [0.1, 0.15) is 12.4 Å². The molecule has 1 aliphatic heterocycles. The molecule has 28 heavy (non-hydrogen) atoms. The summed E-state index contributed by atoms with van der Waals surface area (Å²) in [6.45, 7) is 2.29. The minimum absolute atomic E-state index is 0.